The maximum atomic E-state index is 13.1. The van der Waals surface area contributed by atoms with E-state index < -0.39 is 0 Å². The fourth-order valence-corrected chi connectivity index (χ4v) is 6.83. The van der Waals surface area contributed by atoms with E-state index in [2.05, 4.69) is 10.3 Å². The highest BCUT2D eigenvalue weighted by Gasteiger charge is 2.50. The normalized spacial score (nSPS) is 31.1. The molecule has 0 atom stereocenters. The number of carbonyl (C=O) groups excluding carboxylic acids is 2. The number of rotatable bonds is 4. The average Bonchev–Trinajstić information content (AvgIpc) is 3.05. The highest BCUT2D eigenvalue weighted by atomic mass is 32.1. The summed E-state index contributed by atoms with van der Waals surface area (Å²) in [5, 5.41) is 3.63. The van der Waals surface area contributed by atoms with Crippen molar-refractivity contribution >= 4 is 28.2 Å². The number of hydrogen-bond acceptors (Lipinski definition) is 4. The fourth-order valence-electron chi connectivity index (χ4n) is 5.95. The summed E-state index contributed by atoms with van der Waals surface area (Å²) >= 11 is 1.30. The third kappa shape index (κ3) is 3.02. The van der Waals surface area contributed by atoms with E-state index in [0.29, 0.717) is 27.5 Å². The number of hydrogen-bond donors (Lipinski definition) is 1. The third-order valence-corrected chi connectivity index (χ3v) is 7.83. The minimum absolute atomic E-state index is 0.0125. The van der Waals surface area contributed by atoms with Gasteiger partial charge in [-0.15, -0.1) is 0 Å². The van der Waals surface area contributed by atoms with Gasteiger partial charge in [-0.3, -0.25) is 9.59 Å². The molecule has 5 heteroatoms. The Morgan fingerprint density at radius 3 is 2.22 bits per heavy atom. The topological polar surface area (TPSA) is 59.1 Å². The number of nitrogens with zero attached hydrogens (tertiary/aromatic N) is 1. The minimum atomic E-state index is -0.0125. The quantitative estimate of drug-likeness (QED) is 0.757. The SMILES string of the molecule is CC(=O)c1sc(NC(=O)C2C3CC4CC(C3)CC2C4)nc1-c1ccccc1. The molecule has 1 N–H and O–H groups in total. The Labute approximate surface area is 163 Å². The van der Waals surface area contributed by atoms with E-state index in [9.17, 15) is 9.59 Å². The molecule has 0 unspecified atom stereocenters. The van der Waals surface area contributed by atoms with Crippen molar-refractivity contribution in [3.63, 3.8) is 0 Å². The largest absolute Gasteiger partial charge is 0.302 e. The molecule has 1 heterocycles. The second-order valence-electron chi connectivity index (χ2n) is 8.56. The molecular weight excluding hydrogens is 356 g/mol. The van der Waals surface area contributed by atoms with E-state index in [4.69, 9.17) is 0 Å². The first-order chi connectivity index (χ1) is 13.1. The van der Waals surface area contributed by atoms with E-state index >= 15 is 0 Å². The van der Waals surface area contributed by atoms with Crippen LogP contribution in [0, 0.1) is 29.6 Å². The zero-order valence-corrected chi connectivity index (χ0v) is 16.3. The maximum Gasteiger partial charge on any atom is 0.229 e. The van der Waals surface area contributed by atoms with Crippen LogP contribution in [0.3, 0.4) is 0 Å². The van der Waals surface area contributed by atoms with Crippen LogP contribution in [0.1, 0.15) is 48.7 Å². The summed E-state index contributed by atoms with van der Waals surface area (Å²) in [6.07, 6.45) is 6.26. The van der Waals surface area contributed by atoms with Gasteiger partial charge in [-0.1, -0.05) is 41.7 Å². The highest BCUT2D eigenvalue weighted by Crippen LogP contribution is 2.56. The molecule has 6 rings (SSSR count). The molecule has 4 aliphatic carbocycles. The van der Waals surface area contributed by atoms with Gasteiger partial charge in [0.15, 0.2) is 10.9 Å². The molecule has 0 aliphatic heterocycles. The van der Waals surface area contributed by atoms with Crippen molar-refractivity contribution in [3.05, 3.63) is 35.2 Å². The Kier molecular flexibility index (Phi) is 4.15. The predicted octanol–water partition coefficient (Wildman–Crippen LogP) is 5.02. The molecule has 4 nitrogen and oxygen atoms in total. The van der Waals surface area contributed by atoms with Crippen LogP contribution in [0.2, 0.25) is 0 Å². The van der Waals surface area contributed by atoms with Crippen molar-refractivity contribution in [3.8, 4) is 11.3 Å². The van der Waals surface area contributed by atoms with Gasteiger partial charge in [-0.2, -0.15) is 0 Å². The van der Waals surface area contributed by atoms with Crippen LogP contribution in [0.5, 0.6) is 0 Å². The van der Waals surface area contributed by atoms with Crippen LogP contribution >= 0.6 is 11.3 Å². The van der Waals surface area contributed by atoms with Gasteiger partial charge in [0, 0.05) is 18.4 Å². The lowest BCUT2D eigenvalue weighted by Crippen LogP contribution is -2.49. The van der Waals surface area contributed by atoms with Gasteiger partial charge in [-0.05, 0) is 55.8 Å². The molecule has 4 saturated carbocycles. The number of carbonyl (C=O) groups is 2. The molecule has 1 aromatic carbocycles. The molecule has 2 aromatic rings. The fraction of sp³-hybridized carbons (Fsp3) is 0.500. The van der Waals surface area contributed by atoms with Gasteiger partial charge in [0.05, 0.1) is 10.6 Å². The van der Waals surface area contributed by atoms with E-state index in [0.717, 1.165) is 17.4 Å². The Morgan fingerprint density at radius 2 is 1.63 bits per heavy atom. The summed E-state index contributed by atoms with van der Waals surface area (Å²) < 4.78 is 0. The van der Waals surface area contributed by atoms with Crippen molar-refractivity contribution in [1.29, 1.82) is 0 Å². The molecule has 4 bridgehead atoms. The summed E-state index contributed by atoms with van der Waals surface area (Å²) in [5.41, 5.74) is 1.59. The standard InChI is InChI=1S/C22H24N2O2S/c1-12(25)20-19(15-5-3-2-4-6-15)23-22(27-20)24-21(26)18-16-8-13-7-14(10-16)11-17(18)9-13/h2-6,13-14,16-18H,7-11H2,1H3,(H,23,24,26). The summed E-state index contributed by atoms with van der Waals surface area (Å²) in [6.45, 7) is 1.56. The number of Topliss-reactive ketones (excluding diaryl/α,β-unsaturated/α-hetero) is 1. The first kappa shape index (κ1) is 17.1. The number of amides is 1. The van der Waals surface area contributed by atoms with Crippen LogP contribution in [-0.2, 0) is 4.79 Å². The lowest BCUT2D eigenvalue weighted by atomic mass is 9.51. The van der Waals surface area contributed by atoms with E-state index in [-0.39, 0.29) is 17.6 Å². The van der Waals surface area contributed by atoms with Crippen molar-refractivity contribution in [2.45, 2.75) is 39.0 Å². The number of ketones is 1. The van der Waals surface area contributed by atoms with Crippen LogP contribution < -0.4 is 5.32 Å². The number of anilines is 1. The summed E-state index contributed by atoms with van der Waals surface area (Å²) in [5.74, 6) is 3.02. The molecule has 1 amide bonds. The van der Waals surface area contributed by atoms with Gasteiger partial charge >= 0.3 is 0 Å². The summed E-state index contributed by atoms with van der Waals surface area (Å²) in [7, 11) is 0. The lowest BCUT2D eigenvalue weighted by molar-refractivity contribution is -0.132. The highest BCUT2D eigenvalue weighted by molar-refractivity contribution is 7.18. The summed E-state index contributed by atoms with van der Waals surface area (Å²) in [6, 6.07) is 9.71. The Balaban J connectivity index is 1.39. The lowest BCUT2D eigenvalue weighted by Gasteiger charge is -2.53. The molecular formula is C22H24N2O2S. The first-order valence-corrected chi connectivity index (χ1v) is 10.8. The van der Waals surface area contributed by atoms with Crippen molar-refractivity contribution in [1.82, 2.24) is 4.98 Å². The summed E-state index contributed by atoms with van der Waals surface area (Å²) in [4.78, 5) is 30.4. The van der Waals surface area contributed by atoms with E-state index in [1.165, 1.54) is 43.4 Å². The molecule has 140 valence electrons. The molecule has 27 heavy (non-hydrogen) atoms. The van der Waals surface area contributed by atoms with Gasteiger partial charge < -0.3 is 5.32 Å². The molecule has 4 fully saturated rings. The number of nitrogens with one attached hydrogen (secondary N) is 1. The Bertz CT molecular complexity index is 861. The van der Waals surface area contributed by atoms with Crippen LogP contribution in [-0.4, -0.2) is 16.7 Å². The third-order valence-electron chi connectivity index (χ3n) is 6.75. The van der Waals surface area contributed by atoms with Crippen molar-refractivity contribution < 1.29 is 9.59 Å². The Hall–Kier alpha value is -2.01. The zero-order valence-electron chi connectivity index (χ0n) is 15.5. The second-order valence-corrected chi connectivity index (χ2v) is 9.56. The van der Waals surface area contributed by atoms with E-state index in [1.54, 1.807) is 6.92 Å². The van der Waals surface area contributed by atoms with Crippen LogP contribution in [0.15, 0.2) is 30.3 Å². The second kappa shape index (κ2) is 6.55. The van der Waals surface area contributed by atoms with E-state index in [1.807, 2.05) is 30.3 Å². The smallest absolute Gasteiger partial charge is 0.229 e. The van der Waals surface area contributed by atoms with Crippen molar-refractivity contribution in [2.75, 3.05) is 5.32 Å². The van der Waals surface area contributed by atoms with Gasteiger partial charge in [0.25, 0.3) is 0 Å². The molecule has 0 spiro atoms. The zero-order chi connectivity index (χ0) is 18.5. The molecule has 4 aliphatic rings. The number of benzene rings is 1. The molecule has 1 aromatic heterocycles. The van der Waals surface area contributed by atoms with Crippen LogP contribution in [0.25, 0.3) is 11.3 Å². The van der Waals surface area contributed by atoms with Gasteiger partial charge in [0.2, 0.25) is 5.91 Å². The Morgan fingerprint density at radius 1 is 1.00 bits per heavy atom. The number of aromatic nitrogens is 1. The monoisotopic (exact) mass is 380 g/mol. The average molecular weight is 381 g/mol. The van der Waals surface area contributed by atoms with Crippen molar-refractivity contribution in [2.24, 2.45) is 29.6 Å². The maximum absolute atomic E-state index is 13.1. The van der Waals surface area contributed by atoms with Gasteiger partial charge in [0.1, 0.15) is 0 Å². The number of thiazole rings is 1. The first-order valence-electron chi connectivity index (χ1n) is 9.96. The minimum Gasteiger partial charge on any atom is -0.302 e. The predicted molar refractivity (Wildman–Crippen MR) is 107 cm³/mol. The molecule has 0 saturated heterocycles. The van der Waals surface area contributed by atoms with Gasteiger partial charge in [-0.25, -0.2) is 4.98 Å². The molecule has 0 radical (unpaired) electrons. The van der Waals surface area contributed by atoms with Crippen LogP contribution in [0.4, 0.5) is 5.13 Å².